The molecule has 23 heavy (non-hydrogen) atoms. The van der Waals surface area contributed by atoms with Crippen molar-refractivity contribution >= 4 is 32.7 Å². The number of carbonyl (C=O) groups excluding carboxylic acids is 1. The Labute approximate surface area is 142 Å². The first-order valence-corrected chi connectivity index (χ1v) is 8.77. The number of hydrogen-bond donors (Lipinski definition) is 1. The molecule has 4 rings (SSSR count). The van der Waals surface area contributed by atoms with Crippen LogP contribution < -0.4 is 0 Å². The largest absolute Gasteiger partial charge is 0.381 e. The van der Waals surface area contributed by atoms with E-state index in [4.69, 9.17) is 4.74 Å². The third-order valence-corrected chi connectivity index (χ3v) is 5.07. The average molecular weight is 381 g/mol. The normalized spacial score (nSPS) is 21.0. The molecule has 1 N–H and O–H groups in total. The molecule has 4 nitrogen and oxygen atoms in total. The number of ether oxygens (including phenoxy) is 1. The maximum absolute atomic E-state index is 14.0. The molecule has 1 aromatic carbocycles. The Balaban J connectivity index is 1.62. The van der Waals surface area contributed by atoms with Crippen LogP contribution in [0.25, 0.3) is 10.9 Å². The highest BCUT2D eigenvalue weighted by atomic mass is 79.9. The van der Waals surface area contributed by atoms with Gasteiger partial charge in [0, 0.05) is 35.0 Å². The minimum absolute atomic E-state index is 0.0360. The standard InChI is InChI=1S/C17H18BrFN2O2/c18-11-5-14(19)13-7-16(20-15(13)6-11)17(22)21(12-1-2-12)8-10-3-4-23-9-10/h5-7,10,12,20H,1-4,8-9H2. The number of rotatable bonds is 4. The van der Waals surface area contributed by atoms with Gasteiger partial charge in [-0.15, -0.1) is 0 Å². The molecule has 1 saturated carbocycles. The molecule has 122 valence electrons. The van der Waals surface area contributed by atoms with Gasteiger partial charge in [0.15, 0.2) is 0 Å². The number of fused-ring (bicyclic) bond motifs is 1. The monoisotopic (exact) mass is 380 g/mol. The molecular weight excluding hydrogens is 363 g/mol. The van der Waals surface area contributed by atoms with Crippen molar-refractivity contribution in [2.45, 2.75) is 25.3 Å². The van der Waals surface area contributed by atoms with Gasteiger partial charge in [0.1, 0.15) is 11.5 Å². The number of carbonyl (C=O) groups is 1. The first-order chi connectivity index (χ1) is 11.1. The number of amides is 1. The number of hydrogen-bond acceptors (Lipinski definition) is 2. The number of H-pyrrole nitrogens is 1. The Morgan fingerprint density at radius 2 is 2.17 bits per heavy atom. The van der Waals surface area contributed by atoms with E-state index in [-0.39, 0.29) is 11.7 Å². The van der Waals surface area contributed by atoms with Crippen LogP contribution in [0.5, 0.6) is 0 Å². The van der Waals surface area contributed by atoms with Gasteiger partial charge in [-0.25, -0.2) is 4.39 Å². The van der Waals surface area contributed by atoms with E-state index < -0.39 is 0 Å². The fourth-order valence-corrected chi connectivity index (χ4v) is 3.65. The van der Waals surface area contributed by atoms with E-state index >= 15 is 0 Å². The molecule has 1 amide bonds. The zero-order valence-electron chi connectivity index (χ0n) is 12.6. The van der Waals surface area contributed by atoms with E-state index in [1.807, 2.05) is 4.90 Å². The maximum Gasteiger partial charge on any atom is 0.270 e. The van der Waals surface area contributed by atoms with Crippen LogP contribution in [0, 0.1) is 11.7 Å². The van der Waals surface area contributed by atoms with Gasteiger partial charge in [-0.2, -0.15) is 0 Å². The predicted molar refractivity (Wildman–Crippen MR) is 88.9 cm³/mol. The van der Waals surface area contributed by atoms with Crippen molar-refractivity contribution in [3.63, 3.8) is 0 Å². The Morgan fingerprint density at radius 3 is 2.87 bits per heavy atom. The summed E-state index contributed by atoms with van der Waals surface area (Å²) in [4.78, 5) is 17.9. The van der Waals surface area contributed by atoms with Gasteiger partial charge in [-0.3, -0.25) is 4.79 Å². The molecule has 1 aliphatic carbocycles. The summed E-state index contributed by atoms with van der Waals surface area (Å²) in [6, 6.07) is 5.16. The second kappa shape index (κ2) is 5.91. The van der Waals surface area contributed by atoms with Crippen LogP contribution in [-0.2, 0) is 4.74 Å². The summed E-state index contributed by atoms with van der Waals surface area (Å²) in [5.74, 6) is 0.0489. The van der Waals surface area contributed by atoms with E-state index in [1.165, 1.54) is 6.07 Å². The average Bonchev–Trinajstić information content (AvgIpc) is 3.05. The summed E-state index contributed by atoms with van der Waals surface area (Å²) in [7, 11) is 0. The minimum Gasteiger partial charge on any atom is -0.381 e. The number of aromatic nitrogens is 1. The second-order valence-corrected chi connectivity index (χ2v) is 7.37. The fraction of sp³-hybridized carbons (Fsp3) is 0.471. The van der Waals surface area contributed by atoms with Crippen LogP contribution in [-0.4, -0.2) is 41.6 Å². The molecule has 2 aliphatic rings. The molecule has 0 spiro atoms. The van der Waals surface area contributed by atoms with Crippen molar-refractivity contribution in [1.82, 2.24) is 9.88 Å². The second-order valence-electron chi connectivity index (χ2n) is 6.45. The summed E-state index contributed by atoms with van der Waals surface area (Å²) in [5.41, 5.74) is 1.10. The van der Waals surface area contributed by atoms with Crippen LogP contribution in [0.15, 0.2) is 22.7 Å². The highest BCUT2D eigenvalue weighted by Crippen LogP contribution is 2.31. The summed E-state index contributed by atoms with van der Waals surface area (Å²) in [6.45, 7) is 2.23. The van der Waals surface area contributed by atoms with Crippen molar-refractivity contribution in [3.8, 4) is 0 Å². The van der Waals surface area contributed by atoms with E-state index in [0.717, 1.165) is 39.0 Å². The topological polar surface area (TPSA) is 45.3 Å². The first-order valence-electron chi connectivity index (χ1n) is 7.98. The quantitative estimate of drug-likeness (QED) is 0.878. The van der Waals surface area contributed by atoms with Crippen LogP contribution in [0.2, 0.25) is 0 Å². The van der Waals surface area contributed by atoms with Gasteiger partial charge in [-0.05, 0) is 37.5 Å². The van der Waals surface area contributed by atoms with Crippen molar-refractivity contribution in [2.75, 3.05) is 19.8 Å². The van der Waals surface area contributed by atoms with Crippen molar-refractivity contribution in [3.05, 3.63) is 34.2 Å². The lowest BCUT2D eigenvalue weighted by Gasteiger charge is -2.24. The lowest BCUT2D eigenvalue weighted by Crippen LogP contribution is -2.37. The van der Waals surface area contributed by atoms with E-state index in [0.29, 0.717) is 33.0 Å². The summed E-state index contributed by atoms with van der Waals surface area (Å²) in [5, 5.41) is 0.455. The number of nitrogens with one attached hydrogen (secondary N) is 1. The van der Waals surface area contributed by atoms with Gasteiger partial charge in [0.25, 0.3) is 5.91 Å². The Bertz CT molecular complexity index is 750. The minimum atomic E-state index is -0.327. The number of benzene rings is 1. The van der Waals surface area contributed by atoms with Crippen LogP contribution in [0.1, 0.15) is 29.8 Å². The number of nitrogens with zero attached hydrogens (tertiary/aromatic N) is 1. The van der Waals surface area contributed by atoms with Gasteiger partial charge in [0.05, 0.1) is 12.1 Å². The lowest BCUT2D eigenvalue weighted by molar-refractivity contribution is 0.0701. The highest BCUT2D eigenvalue weighted by Gasteiger charge is 2.35. The maximum atomic E-state index is 14.0. The van der Waals surface area contributed by atoms with Crippen molar-refractivity contribution < 1.29 is 13.9 Å². The molecule has 1 saturated heterocycles. The highest BCUT2D eigenvalue weighted by molar-refractivity contribution is 9.10. The molecule has 1 aromatic heterocycles. The third-order valence-electron chi connectivity index (χ3n) is 4.61. The molecule has 1 unspecified atom stereocenters. The Morgan fingerprint density at radius 1 is 1.35 bits per heavy atom. The molecule has 2 aromatic rings. The van der Waals surface area contributed by atoms with Crippen molar-refractivity contribution in [1.29, 1.82) is 0 Å². The van der Waals surface area contributed by atoms with Gasteiger partial charge < -0.3 is 14.6 Å². The zero-order valence-corrected chi connectivity index (χ0v) is 14.2. The summed E-state index contributed by atoms with van der Waals surface area (Å²) < 4.78 is 20.1. The first kappa shape index (κ1) is 15.1. The van der Waals surface area contributed by atoms with Gasteiger partial charge in [-0.1, -0.05) is 15.9 Å². The number of halogens is 2. The SMILES string of the molecule is O=C(c1cc2c(F)cc(Br)cc2[nH]1)N(CC1CCOC1)C1CC1. The Hall–Kier alpha value is -1.40. The molecule has 6 heteroatoms. The van der Waals surface area contributed by atoms with Crippen LogP contribution >= 0.6 is 15.9 Å². The van der Waals surface area contributed by atoms with E-state index in [9.17, 15) is 9.18 Å². The lowest BCUT2D eigenvalue weighted by atomic mass is 10.1. The van der Waals surface area contributed by atoms with Crippen molar-refractivity contribution in [2.24, 2.45) is 5.92 Å². The van der Waals surface area contributed by atoms with E-state index in [2.05, 4.69) is 20.9 Å². The molecule has 2 heterocycles. The fourth-order valence-electron chi connectivity index (χ4n) is 3.22. The third kappa shape index (κ3) is 3.02. The van der Waals surface area contributed by atoms with E-state index in [1.54, 1.807) is 12.1 Å². The molecule has 1 atom stereocenters. The van der Waals surface area contributed by atoms with Gasteiger partial charge in [0.2, 0.25) is 0 Å². The molecule has 0 radical (unpaired) electrons. The molecule has 0 bridgehead atoms. The van der Waals surface area contributed by atoms with Crippen LogP contribution in [0.4, 0.5) is 4.39 Å². The molecule has 2 fully saturated rings. The zero-order chi connectivity index (χ0) is 16.0. The Kier molecular flexibility index (Phi) is 3.89. The smallest absolute Gasteiger partial charge is 0.270 e. The number of aromatic amines is 1. The molecule has 1 aliphatic heterocycles. The summed E-state index contributed by atoms with van der Waals surface area (Å²) in [6.07, 6.45) is 3.11. The van der Waals surface area contributed by atoms with Crippen LogP contribution in [0.3, 0.4) is 0 Å². The molecular formula is C17H18BrFN2O2. The summed E-state index contributed by atoms with van der Waals surface area (Å²) >= 11 is 3.28. The predicted octanol–water partition coefficient (Wildman–Crippen LogP) is 3.71. The van der Waals surface area contributed by atoms with Gasteiger partial charge >= 0.3 is 0 Å².